The standard InChI is InChI=1S/C10H17N3OS/c1-7(5-11-9-3-4-9)6-15-10-13-12-8(2)14-10/h7,9,11H,3-6H2,1-2H3. The smallest absolute Gasteiger partial charge is 0.276 e. The van der Waals surface area contributed by atoms with Crippen LogP contribution < -0.4 is 5.32 Å². The zero-order valence-electron chi connectivity index (χ0n) is 9.19. The van der Waals surface area contributed by atoms with Crippen LogP contribution >= 0.6 is 11.8 Å². The number of aromatic nitrogens is 2. The average molecular weight is 227 g/mol. The molecule has 0 spiro atoms. The van der Waals surface area contributed by atoms with Gasteiger partial charge in [0.05, 0.1) is 0 Å². The van der Waals surface area contributed by atoms with E-state index in [0.717, 1.165) is 18.3 Å². The summed E-state index contributed by atoms with van der Waals surface area (Å²) in [6, 6.07) is 0.795. The number of thioether (sulfide) groups is 1. The van der Waals surface area contributed by atoms with Crippen LogP contribution in [-0.2, 0) is 0 Å². The highest BCUT2D eigenvalue weighted by atomic mass is 32.2. The first-order valence-electron chi connectivity index (χ1n) is 5.40. The second kappa shape index (κ2) is 4.99. The van der Waals surface area contributed by atoms with Gasteiger partial charge in [0.1, 0.15) is 0 Å². The third-order valence-corrected chi connectivity index (χ3v) is 3.48. The fourth-order valence-electron chi connectivity index (χ4n) is 1.26. The zero-order chi connectivity index (χ0) is 10.7. The van der Waals surface area contributed by atoms with Crippen LogP contribution in [0.2, 0.25) is 0 Å². The van der Waals surface area contributed by atoms with Crippen LogP contribution in [0.3, 0.4) is 0 Å². The van der Waals surface area contributed by atoms with E-state index in [0.29, 0.717) is 17.0 Å². The molecule has 1 N–H and O–H groups in total. The highest BCUT2D eigenvalue weighted by Crippen LogP contribution is 2.21. The van der Waals surface area contributed by atoms with Gasteiger partial charge in [-0.2, -0.15) is 0 Å². The molecule has 5 heteroatoms. The molecule has 1 saturated carbocycles. The fraction of sp³-hybridized carbons (Fsp3) is 0.800. The summed E-state index contributed by atoms with van der Waals surface area (Å²) in [4.78, 5) is 0. The summed E-state index contributed by atoms with van der Waals surface area (Å²) in [5.74, 6) is 2.31. The summed E-state index contributed by atoms with van der Waals surface area (Å²) in [6.07, 6.45) is 2.70. The molecule has 0 bridgehead atoms. The first kappa shape index (κ1) is 11.0. The summed E-state index contributed by atoms with van der Waals surface area (Å²) in [6.45, 7) is 5.14. The Labute approximate surface area is 94.2 Å². The molecule has 1 aliphatic carbocycles. The second-order valence-electron chi connectivity index (χ2n) is 4.19. The second-order valence-corrected chi connectivity index (χ2v) is 5.16. The van der Waals surface area contributed by atoms with Crippen molar-refractivity contribution in [2.45, 2.75) is 38.0 Å². The normalized spacial score (nSPS) is 18.0. The van der Waals surface area contributed by atoms with E-state index < -0.39 is 0 Å². The molecule has 1 atom stereocenters. The van der Waals surface area contributed by atoms with Gasteiger partial charge in [-0.1, -0.05) is 18.7 Å². The number of aryl methyl sites for hydroxylation is 1. The van der Waals surface area contributed by atoms with Gasteiger partial charge in [0.25, 0.3) is 5.22 Å². The Hall–Kier alpha value is -0.550. The molecule has 0 aromatic carbocycles. The van der Waals surface area contributed by atoms with E-state index in [1.807, 2.05) is 6.92 Å². The van der Waals surface area contributed by atoms with Crippen molar-refractivity contribution in [3.8, 4) is 0 Å². The molecule has 84 valence electrons. The molecule has 0 radical (unpaired) electrons. The summed E-state index contributed by atoms with van der Waals surface area (Å²) < 4.78 is 5.29. The van der Waals surface area contributed by atoms with Crippen LogP contribution in [0.1, 0.15) is 25.7 Å². The number of nitrogens with zero attached hydrogens (tertiary/aromatic N) is 2. The average Bonchev–Trinajstić information content (AvgIpc) is 2.95. The quantitative estimate of drug-likeness (QED) is 0.752. The van der Waals surface area contributed by atoms with E-state index >= 15 is 0 Å². The highest BCUT2D eigenvalue weighted by Gasteiger charge is 2.20. The molecule has 4 nitrogen and oxygen atoms in total. The van der Waals surface area contributed by atoms with E-state index in [1.165, 1.54) is 12.8 Å². The van der Waals surface area contributed by atoms with Crippen molar-refractivity contribution in [3.63, 3.8) is 0 Å². The van der Waals surface area contributed by atoms with Gasteiger partial charge in [0.2, 0.25) is 5.89 Å². The third kappa shape index (κ3) is 3.83. The molecule has 1 heterocycles. The lowest BCUT2D eigenvalue weighted by molar-refractivity contribution is 0.428. The monoisotopic (exact) mass is 227 g/mol. The van der Waals surface area contributed by atoms with E-state index in [-0.39, 0.29) is 0 Å². The Morgan fingerprint density at radius 1 is 1.53 bits per heavy atom. The Balaban J connectivity index is 1.63. The van der Waals surface area contributed by atoms with Gasteiger partial charge >= 0.3 is 0 Å². The van der Waals surface area contributed by atoms with E-state index in [1.54, 1.807) is 11.8 Å². The summed E-state index contributed by atoms with van der Waals surface area (Å²) in [5, 5.41) is 12.0. The molecule has 2 rings (SSSR count). The van der Waals surface area contributed by atoms with E-state index in [4.69, 9.17) is 4.42 Å². The van der Waals surface area contributed by atoms with Crippen molar-refractivity contribution in [3.05, 3.63) is 5.89 Å². The zero-order valence-corrected chi connectivity index (χ0v) is 10.0. The Morgan fingerprint density at radius 3 is 2.93 bits per heavy atom. The van der Waals surface area contributed by atoms with Crippen LogP contribution in [0.4, 0.5) is 0 Å². The molecule has 0 aliphatic heterocycles. The lowest BCUT2D eigenvalue weighted by Crippen LogP contribution is -2.24. The predicted octanol–water partition coefficient (Wildman–Crippen LogP) is 1.86. The molecule has 1 aromatic heterocycles. The molecule has 1 aliphatic rings. The summed E-state index contributed by atoms with van der Waals surface area (Å²) >= 11 is 1.64. The van der Waals surface area contributed by atoms with Crippen molar-refractivity contribution in [1.82, 2.24) is 15.5 Å². The Kier molecular flexibility index (Phi) is 3.64. The molecule has 1 fully saturated rings. The van der Waals surface area contributed by atoms with Crippen LogP contribution in [-0.4, -0.2) is 28.5 Å². The number of nitrogens with one attached hydrogen (secondary N) is 1. The minimum absolute atomic E-state index is 0.640. The molecular formula is C10H17N3OS. The Morgan fingerprint density at radius 2 is 2.33 bits per heavy atom. The summed E-state index contributed by atoms with van der Waals surface area (Å²) in [7, 11) is 0. The van der Waals surface area contributed by atoms with Crippen LogP contribution in [0.5, 0.6) is 0 Å². The van der Waals surface area contributed by atoms with Gasteiger partial charge in [-0.25, -0.2) is 0 Å². The van der Waals surface area contributed by atoms with Gasteiger partial charge in [0.15, 0.2) is 0 Å². The predicted molar refractivity (Wildman–Crippen MR) is 59.9 cm³/mol. The largest absolute Gasteiger partial charge is 0.416 e. The first-order chi connectivity index (χ1) is 7.24. The maximum atomic E-state index is 5.29. The van der Waals surface area contributed by atoms with Crippen LogP contribution in [0.15, 0.2) is 9.64 Å². The van der Waals surface area contributed by atoms with E-state index in [2.05, 4.69) is 22.4 Å². The molecule has 0 amide bonds. The van der Waals surface area contributed by atoms with Gasteiger partial charge in [-0.15, -0.1) is 10.2 Å². The van der Waals surface area contributed by atoms with Gasteiger partial charge in [0, 0.05) is 18.7 Å². The van der Waals surface area contributed by atoms with Crippen molar-refractivity contribution in [2.75, 3.05) is 12.3 Å². The van der Waals surface area contributed by atoms with Crippen LogP contribution in [0.25, 0.3) is 0 Å². The lowest BCUT2D eigenvalue weighted by atomic mass is 10.2. The third-order valence-electron chi connectivity index (χ3n) is 2.33. The van der Waals surface area contributed by atoms with Gasteiger partial charge < -0.3 is 9.73 Å². The first-order valence-corrected chi connectivity index (χ1v) is 6.39. The van der Waals surface area contributed by atoms with Crippen molar-refractivity contribution in [1.29, 1.82) is 0 Å². The van der Waals surface area contributed by atoms with Gasteiger partial charge in [-0.05, 0) is 25.3 Å². The van der Waals surface area contributed by atoms with Crippen LogP contribution in [0, 0.1) is 12.8 Å². The van der Waals surface area contributed by atoms with Crippen molar-refractivity contribution < 1.29 is 4.42 Å². The number of hydrogen-bond acceptors (Lipinski definition) is 5. The topological polar surface area (TPSA) is 51.0 Å². The minimum atomic E-state index is 0.640. The SMILES string of the molecule is Cc1nnc(SCC(C)CNC2CC2)o1. The molecular weight excluding hydrogens is 210 g/mol. The minimum Gasteiger partial charge on any atom is -0.416 e. The number of rotatable bonds is 6. The molecule has 1 aromatic rings. The maximum absolute atomic E-state index is 5.29. The van der Waals surface area contributed by atoms with Crippen molar-refractivity contribution in [2.24, 2.45) is 5.92 Å². The van der Waals surface area contributed by atoms with Gasteiger partial charge in [-0.3, -0.25) is 0 Å². The number of hydrogen-bond donors (Lipinski definition) is 1. The van der Waals surface area contributed by atoms with E-state index in [9.17, 15) is 0 Å². The molecule has 1 unspecified atom stereocenters. The fourth-order valence-corrected chi connectivity index (χ4v) is 2.09. The van der Waals surface area contributed by atoms with Crippen molar-refractivity contribution >= 4 is 11.8 Å². The Bertz CT molecular complexity index is 311. The molecule has 0 saturated heterocycles. The lowest BCUT2D eigenvalue weighted by Gasteiger charge is -2.09. The summed E-state index contributed by atoms with van der Waals surface area (Å²) in [5.41, 5.74) is 0. The molecule has 15 heavy (non-hydrogen) atoms. The maximum Gasteiger partial charge on any atom is 0.276 e. The highest BCUT2D eigenvalue weighted by molar-refractivity contribution is 7.99.